The highest BCUT2D eigenvalue weighted by Crippen LogP contribution is 2.56. The number of nitrogens with one attached hydrogen (secondary N) is 1. The maximum Gasteiger partial charge on any atom is 0.272 e. The highest BCUT2D eigenvalue weighted by Gasteiger charge is 2.50. The number of aromatic nitrogens is 2. The van der Waals surface area contributed by atoms with E-state index >= 15 is 0 Å². The fourth-order valence-corrected chi connectivity index (χ4v) is 3.26. The minimum absolute atomic E-state index is 0.0815. The van der Waals surface area contributed by atoms with E-state index in [1.165, 1.54) is 6.42 Å². The molecule has 0 spiro atoms. The lowest BCUT2D eigenvalue weighted by atomic mass is 10.1. The molecule has 2 aliphatic rings. The Morgan fingerprint density at radius 2 is 2.21 bits per heavy atom. The van der Waals surface area contributed by atoms with Gasteiger partial charge in [0, 0.05) is 23.7 Å². The molecule has 0 saturated heterocycles. The Labute approximate surface area is 143 Å². The maximum absolute atomic E-state index is 12.7. The normalized spacial score (nSPS) is 23.3. The summed E-state index contributed by atoms with van der Waals surface area (Å²) >= 11 is 0. The van der Waals surface area contributed by atoms with Gasteiger partial charge in [-0.05, 0) is 44.6 Å². The second-order valence-corrected chi connectivity index (χ2v) is 7.11. The topological polar surface area (TPSA) is 59.3 Å². The van der Waals surface area contributed by atoms with Crippen molar-refractivity contribution in [1.29, 1.82) is 0 Å². The number of carbonyl (C=O) groups excluding carboxylic acids is 1. The molecule has 24 heavy (non-hydrogen) atoms. The molecule has 128 valence electrons. The summed E-state index contributed by atoms with van der Waals surface area (Å²) in [5.74, 6) is 2.17. The Balaban J connectivity index is 1.98. The molecule has 1 aromatic rings. The van der Waals surface area contributed by atoms with E-state index in [2.05, 4.69) is 35.8 Å². The van der Waals surface area contributed by atoms with E-state index < -0.39 is 0 Å². The highest BCUT2D eigenvalue weighted by molar-refractivity contribution is 5.98. The van der Waals surface area contributed by atoms with Crippen LogP contribution >= 0.6 is 0 Å². The van der Waals surface area contributed by atoms with E-state index in [4.69, 9.17) is 0 Å². The van der Waals surface area contributed by atoms with Crippen LogP contribution in [0.3, 0.4) is 0 Å². The number of allylic oxidation sites excluding steroid dienone is 2. The van der Waals surface area contributed by atoms with E-state index in [9.17, 15) is 4.79 Å². The zero-order valence-electron chi connectivity index (χ0n) is 14.9. The van der Waals surface area contributed by atoms with Gasteiger partial charge >= 0.3 is 0 Å². The summed E-state index contributed by atoms with van der Waals surface area (Å²) in [6.45, 7) is 12.0. The van der Waals surface area contributed by atoms with Crippen molar-refractivity contribution >= 4 is 11.7 Å². The van der Waals surface area contributed by atoms with Crippen molar-refractivity contribution in [3.63, 3.8) is 0 Å². The third kappa shape index (κ3) is 2.83. The first-order chi connectivity index (χ1) is 11.5. The van der Waals surface area contributed by atoms with E-state index in [0.717, 1.165) is 17.7 Å². The number of hydrogen-bond acceptors (Lipinski definition) is 3. The summed E-state index contributed by atoms with van der Waals surface area (Å²) < 4.78 is 1.83. The summed E-state index contributed by atoms with van der Waals surface area (Å²) in [6.07, 6.45) is 7.43. The molecule has 0 aromatic carbocycles. The van der Waals surface area contributed by atoms with Gasteiger partial charge in [-0.1, -0.05) is 26.5 Å². The van der Waals surface area contributed by atoms with Crippen LogP contribution in [0.25, 0.3) is 0 Å². The van der Waals surface area contributed by atoms with Crippen molar-refractivity contribution < 1.29 is 4.79 Å². The predicted octanol–water partition coefficient (Wildman–Crippen LogP) is 3.28. The van der Waals surface area contributed by atoms with Crippen molar-refractivity contribution in [2.45, 2.75) is 52.5 Å². The first-order valence-electron chi connectivity index (χ1n) is 8.72. The van der Waals surface area contributed by atoms with Gasteiger partial charge in [0.2, 0.25) is 0 Å². The molecule has 5 heteroatoms. The van der Waals surface area contributed by atoms with Crippen LogP contribution in [0.15, 0.2) is 29.9 Å². The molecule has 0 radical (unpaired) electrons. The van der Waals surface area contributed by atoms with Crippen LogP contribution in [0.5, 0.6) is 0 Å². The van der Waals surface area contributed by atoms with Gasteiger partial charge in [0.25, 0.3) is 5.91 Å². The highest BCUT2D eigenvalue weighted by atomic mass is 16.2. The first kappa shape index (κ1) is 16.7. The van der Waals surface area contributed by atoms with Gasteiger partial charge in [-0.25, -0.2) is 9.67 Å². The van der Waals surface area contributed by atoms with E-state index in [0.29, 0.717) is 29.3 Å². The third-order valence-electron chi connectivity index (χ3n) is 5.09. The predicted molar refractivity (Wildman–Crippen MR) is 96.4 cm³/mol. The third-order valence-corrected chi connectivity index (χ3v) is 5.09. The molecule has 3 rings (SSSR count). The average Bonchev–Trinajstić information content (AvgIpc) is 3.05. The minimum atomic E-state index is -0.0815. The van der Waals surface area contributed by atoms with Gasteiger partial charge in [-0.2, -0.15) is 5.10 Å². The molecule has 1 heterocycles. The van der Waals surface area contributed by atoms with Crippen molar-refractivity contribution in [1.82, 2.24) is 15.1 Å². The Hall–Kier alpha value is -2.17. The molecule has 0 bridgehead atoms. The molecule has 0 aliphatic heterocycles. The van der Waals surface area contributed by atoms with Gasteiger partial charge in [0.1, 0.15) is 0 Å². The summed E-state index contributed by atoms with van der Waals surface area (Å²) in [6, 6.07) is 0.116. The largest absolute Gasteiger partial charge is 0.348 e. The van der Waals surface area contributed by atoms with Crippen molar-refractivity contribution in [2.75, 3.05) is 0 Å². The summed E-state index contributed by atoms with van der Waals surface area (Å²) in [5, 5.41) is 7.69. The fourth-order valence-electron chi connectivity index (χ4n) is 3.26. The molecule has 0 unspecified atom stereocenters. The number of nitrogens with zero attached hydrogens (tertiary/aromatic N) is 3. The number of rotatable bonds is 5. The Morgan fingerprint density at radius 1 is 1.46 bits per heavy atom. The van der Waals surface area contributed by atoms with Crippen LogP contribution in [0.4, 0.5) is 0 Å². The van der Waals surface area contributed by atoms with Crippen LogP contribution in [-0.4, -0.2) is 27.6 Å². The summed E-state index contributed by atoms with van der Waals surface area (Å²) in [4.78, 5) is 17.1. The number of carbonyl (C=O) groups is 1. The number of amides is 1. The molecule has 1 fully saturated rings. The van der Waals surface area contributed by atoms with E-state index in [1.807, 2.05) is 24.6 Å². The standard InChI is InChI=1S/C19H26N4O/c1-6-8-20-16(7-2)23-18-14-9-13(14)10-15(18)17(22-23)19(24)21-12(5)11(3)4/h6-8,11-14H,2,9-10H2,1,3-5H3,(H,21,24)/b8-6-,20-16+/t12-,13+,14+/m1/s1. The summed E-state index contributed by atoms with van der Waals surface area (Å²) in [5.41, 5.74) is 2.81. The monoisotopic (exact) mass is 326 g/mol. The molecular weight excluding hydrogens is 300 g/mol. The van der Waals surface area contributed by atoms with Crippen LogP contribution in [0, 0.1) is 11.8 Å². The molecule has 3 atom stereocenters. The molecular formula is C19H26N4O. The van der Waals surface area contributed by atoms with Gasteiger partial charge < -0.3 is 5.32 Å². The van der Waals surface area contributed by atoms with Crippen molar-refractivity contribution in [3.05, 3.63) is 41.9 Å². The molecule has 5 nitrogen and oxygen atoms in total. The smallest absolute Gasteiger partial charge is 0.272 e. The Morgan fingerprint density at radius 3 is 2.83 bits per heavy atom. The Kier molecular flexibility index (Phi) is 4.43. The van der Waals surface area contributed by atoms with Crippen LogP contribution < -0.4 is 5.32 Å². The van der Waals surface area contributed by atoms with Crippen LogP contribution in [-0.2, 0) is 6.42 Å². The second kappa shape index (κ2) is 6.38. The van der Waals surface area contributed by atoms with E-state index in [1.54, 1.807) is 12.3 Å². The number of fused-ring (bicyclic) bond motifs is 3. The van der Waals surface area contributed by atoms with Crippen molar-refractivity contribution in [2.24, 2.45) is 16.8 Å². The molecule has 1 saturated carbocycles. The lowest BCUT2D eigenvalue weighted by Gasteiger charge is -2.16. The molecule has 2 aliphatic carbocycles. The molecule has 1 N–H and O–H groups in total. The van der Waals surface area contributed by atoms with Gasteiger partial charge in [-0.3, -0.25) is 4.79 Å². The lowest BCUT2D eigenvalue weighted by Crippen LogP contribution is -2.36. The Bertz CT molecular complexity index is 726. The fraction of sp³-hybridized carbons (Fsp3) is 0.526. The quantitative estimate of drug-likeness (QED) is 0.667. The SMILES string of the molecule is C=C/C(=N\C=C/C)n1nc(C(=O)N[C@H](C)C(C)C)c2c1[C@H]1C[C@H]1C2. The molecule has 1 amide bonds. The number of aliphatic imine (C=N–C) groups is 1. The zero-order valence-corrected chi connectivity index (χ0v) is 14.9. The van der Waals surface area contributed by atoms with Crippen LogP contribution in [0.2, 0.25) is 0 Å². The zero-order chi connectivity index (χ0) is 17.4. The first-order valence-corrected chi connectivity index (χ1v) is 8.72. The van der Waals surface area contributed by atoms with Gasteiger partial charge in [-0.15, -0.1) is 0 Å². The van der Waals surface area contributed by atoms with Gasteiger partial charge in [0.05, 0.1) is 5.69 Å². The molecule has 1 aromatic heterocycles. The summed E-state index contributed by atoms with van der Waals surface area (Å²) in [7, 11) is 0. The maximum atomic E-state index is 12.7. The number of hydrogen-bond donors (Lipinski definition) is 1. The van der Waals surface area contributed by atoms with Crippen LogP contribution in [0.1, 0.15) is 61.8 Å². The lowest BCUT2D eigenvalue weighted by molar-refractivity contribution is 0.0924. The van der Waals surface area contributed by atoms with Gasteiger partial charge in [0.15, 0.2) is 11.5 Å². The van der Waals surface area contributed by atoms with E-state index in [-0.39, 0.29) is 11.9 Å². The average molecular weight is 326 g/mol. The second-order valence-electron chi connectivity index (χ2n) is 7.11. The minimum Gasteiger partial charge on any atom is -0.348 e. The van der Waals surface area contributed by atoms with Crippen molar-refractivity contribution in [3.8, 4) is 0 Å².